The SMILES string of the molecule is COC(=O)CCCCNC(=O)c1nc(-c2nccs2)sc1CC(C)C. The lowest BCUT2D eigenvalue weighted by Gasteiger charge is -2.06. The van der Waals surface area contributed by atoms with Gasteiger partial charge in [-0.3, -0.25) is 9.59 Å². The van der Waals surface area contributed by atoms with Crippen LogP contribution in [0.2, 0.25) is 0 Å². The van der Waals surface area contributed by atoms with Gasteiger partial charge in [-0.2, -0.15) is 0 Å². The molecule has 0 atom stereocenters. The number of hydrogen-bond donors (Lipinski definition) is 1. The summed E-state index contributed by atoms with van der Waals surface area (Å²) in [5.41, 5.74) is 0.497. The Bertz CT molecular complexity index is 696. The zero-order valence-corrected chi connectivity index (χ0v) is 16.3. The first-order valence-corrected chi connectivity index (χ1v) is 9.95. The minimum absolute atomic E-state index is 0.159. The summed E-state index contributed by atoms with van der Waals surface area (Å²) in [5.74, 6) is 0.0575. The molecule has 0 aliphatic rings. The molecule has 0 aromatic carbocycles. The van der Waals surface area contributed by atoms with E-state index in [0.29, 0.717) is 31.0 Å². The van der Waals surface area contributed by atoms with Crippen LogP contribution in [0, 0.1) is 5.92 Å². The fraction of sp³-hybridized carbons (Fsp3) is 0.529. The number of esters is 1. The number of hydrogen-bond acceptors (Lipinski definition) is 7. The molecule has 2 aromatic rings. The fourth-order valence-electron chi connectivity index (χ4n) is 2.24. The molecular formula is C17H23N3O3S2. The van der Waals surface area contributed by atoms with Crippen molar-refractivity contribution in [3.8, 4) is 10.0 Å². The monoisotopic (exact) mass is 381 g/mol. The summed E-state index contributed by atoms with van der Waals surface area (Å²) in [6.07, 6.45) is 4.34. The molecule has 0 bridgehead atoms. The highest BCUT2D eigenvalue weighted by molar-refractivity contribution is 7.20. The van der Waals surface area contributed by atoms with Crippen molar-refractivity contribution in [3.05, 3.63) is 22.1 Å². The van der Waals surface area contributed by atoms with Crippen molar-refractivity contribution in [2.24, 2.45) is 5.92 Å². The predicted octanol–water partition coefficient (Wildman–Crippen LogP) is 3.54. The van der Waals surface area contributed by atoms with Gasteiger partial charge in [-0.05, 0) is 25.2 Å². The van der Waals surface area contributed by atoms with Crippen molar-refractivity contribution >= 4 is 34.6 Å². The lowest BCUT2D eigenvalue weighted by Crippen LogP contribution is -2.26. The van der Waals surface area contributed by atoms with Crippen LogP contribution in [0.1, 0.15) is 48.5 Å². The summed E-state index contributed by atoms with van der Waals surface area (Å²) in [6.45, 7) is 4.76. The van der Waals surface area contributed by atoms with E-state index in [1.807, 2.05) is 5.38 Å². The van der Waals surface area contributed by atoms with E-state index in [2.05, 4.69) is 33.9 Å². The molecule has 8 heteroatoms. The molecular weight excluding hydrogens is 358 g/mol. The Labute approximate surface area is 155 Å². The Kier molecular flexibility index (Phi) is 7.52. The van der Waals surface area contributed by atoms with Crippen molar-refractivity contribution in [1.82, 2.24) is 15.3 Å². The van der Waals surface area contributed by atoms with Gasteiger partial charge < -0.3 is 10.1 Å². The molecule has 2 rings (SSSR count). The number of nitrogens with one attached hydrogen (secondary N) is 1. The van der Waals surface area contributed by atoms with Crippen LogP contribution < -0.4 is 5.32 Å². The van der Waals surface area contributed by atoms with E-state index >= 15 is 0 Å². The molecule has 25 heavy (non-hydrogen) atoms. The lowest BCUT2D eigenvalue weighted by atomic mass is 10.1. The van der Waals surface area contributed by atoms with Crippen molar-refractivity contribution in [3.63, 3.8) is 0 Å². The standard InChI is InChI=1S/C17H23N3O3S2/c1-11(2)10-12-14(20-17(25-12)16-19-8-9-24-16)15(22)18-7-5-4-6-13(21)23-3/h8-9,11H,4-7,10H2,1-3H3,(H,18,22). The van der Waals surface area contributed by atoms with Crippen molar-refractivity contribution < 1.29 is 14.3 Å². The van der Waals surface area contributed by atoms with Crippen LogP contribution in [0.3, 0.4) is 0 Å². The van der Waals surface area contributed by atoms with Crippen LogP contribution in [0.15, 0.2) is 11.6 Å². The summed E-state index contributed by atoms with van der Waals surface area (Å²) in [7, 11) is 1.38. The zero-order valence-electron chi connectivity index (χ0n) is 14.7. The molecule has 0 unspecified atom stereocenters. The molecule has 0 aliphatic carbocycles. The Balaban J connectivity index is 1.98. The van der Waals surface area contributed by atoms with Crippen LogP contribution >= 0.6 is 22.7 Å². The van der Waals surface area contributed by atoms with Gasteiger partial charge in [-0.15, -0.1) is 22.7 Å². The van der Waals surface area contributed by atoms with E-state index in [0.717, 1.165) is 27.7 Å². The highest BCUT2D eigenvalue weighted by Gasteiger charge is 2.20. The lowest BCUT2D eigenvalue weighted by molar-refractivity contribution is -0.140. The van der Waals surface area contributed by atoms with Gasteiger partial charge >= 0.3 is 5.97 Å². The third-order valence-corrected chi connectivity index (χ3v) is 5.44. The van der Waals surface area contributed by atoms with Crippen LogP contribution in [0.4, 0.5) is 0 Å². The van der Waals surface area contributed by atoms with Gasteiger partial charge in [0.15, 0.2) is 10.0 Å². The molecule has 0 saturated carbocycles. The number of aromatic nitrogens is 2. The maximum Gasteiger partial charge on any atom is 0.305 e. The number of ether oxygens (including phenoxy) is 1. The maximum atomic E-state index is 12.5. The Morgan fingerprint density at radius 3 is 2.72 bits per heavy atom. The summed E-state index contributed by atoms with van der Waals surface area (Å²) in [6, 6.07) is 0. The minimum atomic E-state index is -0.224. The second-order valence-electron chi connectivity index (χ2n) is 6.02. The first-order chi connectivity index (χ1) is 12.0. The van der Waals surface area contributed by atoms with E-state index in [1.165, 1.54) is 29.8 Å². The van der Waals surface area contributed by atoms with Gasteiger partial charge in [0.25, 0.3) is 5.91 Å². The molecule has 0 saturated heterocycles. The van der Waals surface area contributed by atoms with Gasteiger partial charge in [0.1, 0.15) is 5.69 Å². The number of unbranched alkanes of at least 4 members (excludes halogenated alkanes) is 1. The topological polar surface area (TPSA) is 81.2 Å². The number of carbonyl (C=O) groups is 2. The summed E-state index contributed by atoms with van der Waals surface area (Å²) < 4.78 is 4.60. The third kappa shape index (κ3) is 5.89. The van der Waals surface area contributed by atoms with Gasteiger partial charge in [0.05, 0.1) is 7.11 Å². The van der Waals surface area contributed by atoms with Crippen LogP contribution in [0.25, 0.3) is 10.0 Å². The fourth-order valence-corrected chi connectivity index (χ4v) is 4.19. The summed E-state index contributed by atoms with van der Waals surface area (Å²) >= 11 is 3.06. The first-order valence-electron chi connectivity index (χ1n) is 8.25. The third-order valence-electron chi connectivity index (χ3n) is 3.44. The van der Waals surface area contributed by atoms with E-state index in [9.17, 15) is 9.59 Å². The molecule has 1 amide bonds. The number of methoxy groups -OCH3 is 1. The van der Waals surface area contributed by atoms with E-state index in [4.69, 9.17) is 0 Å². The van der Waals surface area contributed by atoms with Gasteiger partial charge in [0.2, 0.25) is 0 Å². The highest BCUT2D eigenvalue weighted by atomic mass is 32.1. The Morgan fingerprint density at radius 2 is 2.08 bits per heavy atom. The molecule has 1 N–H and O–H groups in total. The zero-order chi connectivity index (χ0) is 18.2. The molecule has 136 valence electrons. The number of amides is 1. The molecule has 6 nitrogen and oxygen atoms in total. The summed E-state index contributed by atoms with van der Waals surface area (Å²) in [4.78, 5) is 33.4. The molecule has 2 heterocycles. The van der Waals surface area contributed by atoms with Gasteiger partial charge in [0, 0.05) is 29.4 Å². The average molecular weight is 382 g/mol. The Morgan fingerprint density at radius 1 is 1.28 bits per heavy atom. The quantitative estimate of drug-likeness (QED) is 0.531. The molecule has 0 spiro atoms. The van der Waals surface area contributed by atoms with Crippen LogP contribution in [0.5, 0.6) is 0 Å². The van der Waals surface area contributed by atoms with Crippen molar-refractivity contribution in [1.29, 1.82) is 0 Å². The number of nitrogens with zero attached hydrogens (tertiary/aromatic N) is 2. The van der Waals surface area contributed by atoms with Crippen LogP contribution in [-0.4, -0.2) is 35.5 Å². The number of rotatable bonds is 9. The van der Waals surface area contributed by atoms with Gasteiger partial charge in [-0.1, -0.05) is 13.8 Å². The minimum Gasteiger partial charge on any atom is -0.469 e. The smallest absolute Gasteiger partial charge is 0.305 e. The number of thiazole rings is 2. The predicted molar refractivity (Wildman–Crippen MR) is 100.0 cm³/mol. The first kappa shape index (κ1) is 19.5. The average Bonchev–Trinajstić information content (AvgIpc) is 3.23. The van der Waals surface area contributed by atoms with E-state index in [1.54, 1.807) is 6.20 Å². The normalized spacial score (nSPS) is 10.9. The molecule has 2 aromatic heterocycles. The number of carbonyl (C=O) groups excluding carboxylic acids is 2. The van der Waals surface area contributed by atoms with Crippen molar-refractivity contribution in [2.45, 2.75) is 39.5 Å². The molecule has 0 aliphatic heterocycles. The Hall–Kier alpha value is -1.80. The maximum absolute atomic E-state index is 12.5. The summed E-state index contributed by atoms with van der Waals surface area (Å²) in [5, 5.41) is 6.43. The van der Waals surface area contributed by atoms with Crippen LogP contribution in [-0.2, 0) is 16.0 Å². The second-order valence-corrected chi connectivity index (χ2v) is 7.99. The van der Waals surface area contributed by atoms with Gasteiger partial charge in [-0.25, -0.2) is 9.97 Å². The second kappa shape index (κ2) is 9.62. The molecule has 0 radical (unpaired) electrons. The van der Waals surface area contributed by atoms with E-state index in [-0.39, 0.29) is 11.9 Å². The highest BCUT2D eigenvalue weighted by Crippen LogP contribution is 2.31. The van der Waals surface area contributed by atoms with E-state index < -0.39 is 0 Å². The largest absolute Gasteiger partial charge is 0.469 e. The van der Waals surface area contributed by atoms with Crippen molar-refractivity contribution in [2.75, 3.05) is 13.7 Å². The molecule has 0 fully saturated rings.